The Bertz CT molecular complexity index is 319. The van der Waals surface area contributed by atoms with Crippen LogP contribution < -0.4 is 11.1 Å². The van der Waals surface area contributed by atoms with Crippen LogP contribution in [-0.4, -0.2) is 11.9 Å². The maximum absolute atomic E-state index is 11.1. The topological polar surface area (TPSA) is 55.1 Å². The van der Waals surface area contributed by atoms with Crippen LogP contribution in [0.4, 0.5) is 5.69 Å². The summed E-state index contributed by atoms with van der Waals surface area (Å²) in [5.74, 6) is 0.0953. The van der Waals surface area contributed by atoms with Crippen LogP contribution in [0.1, 0.15) is 25.8 Å². The normalized spacial score (nSPS) is 12.1. The average molecular weight is 206 g/mol. The highest BCUT2D eigenvalue weighted by atomic mass is 16.1. The molecule has 3 N–H and O–H groups in total. The van der Waals surface area contributed by atoms with E-state index >= 15 is 0 Å². The van der Waals surface area contributed by atoms with Crippen molar-refractivity contribution in [2.24, 2.45) is 0 Å². The lowest BCUT2D eigenvalue weighted by atomic mass is 10.1. The van der Waals surface area contributed by atoms with Gasteiger partial charge in [0.05, 0.1) is 0 Å². The number of nitrogens with two attached hydrogens (primary N) is 1. The maximum atomic E-state index is 11.1. The highest BCUT2D eigenvalue weighted by Gasteiger charge is 2.05. The summed E-state index contributed by atoms with van der Waals surface area (Å²) in [5, 5.41) is 2.92. The summed E-state index contributed by atoms with van der Waals surface area (Å²) in [4.78, 5) is 11.1. The van der Waals surface area contributed by atoms with Gasteiger partial charge < -0.3 is 11.1 Å². The van der Waals surface area contributed by atoms with Crippen LogP contribution in [-0.2, 0) is 11.2 Å². The summed E-state index contributed by atoms with van der Waals surface area (Å²) in [5.41, 5.74) is 7.55. The van der Waals surface area contributed by atoms with Crippen molar-refractivity contribution in [3.8, 4) is 0 Å². The molecule has 1 aromatic carbocycles. The molecule has 3 heteroatoms. The van der Waals surface area contributed by atoms with E-state index in [1.165, 1.54) is 5.56 Å². The smallest absolute Gasteiger partial charge is 0.219 e. The minimum absolute atomic E-state index is 0.0953. The third kappa shape index (κ3) is 4.02. The first-order chi connectivity index (χ1) is 7.11. The summed E-state index contributed by atoms with van der Waals surface area (Å²) in [6, 6.07) is 7.91. The molecule has 0 unspecified atom stereocenters. The van der Waals surface area contributed by atoms with Gasteiger partial charge in [-0.2, -0.15) is 0 Å². The van der Waals surface area contributed by atoms with Crippen LogP contribution in [0.15, 0.2) is 24.3 Å². The van der Waals surface area contributed by atoms with Crippen LogP contribution >= 0.6 is 0 Å². The number of carbonyl (C=O) groups excluding carboxylic acids is 1. The molecule has 0 aliphatic carbocycles. The fraction of sp³-hybridized carbons (Fsp3) is 0.417. The van der Waals surface area contributed by atoms with E-state index in [0.717, 1.165) is 12.1 Å². The van der Waals surface area contributed by atoms with Gasteiger partial charge in [-0.15, -0.1) is 0 Å². The Balaban J connectivity index is 2.47. The largest absolute Gasteiger partial charge is 0.399 e. The van der Waals surface area contributed by atoms with Gasteiger partial charge in [-0.3, -0.25) is 4.79 Å². The average Bonchev–Trinajstić information content (AvgIpc) is 2.21. The molecule has 0 aliphatic rings. The molecular weight excluding hydrogens is 188 g/mol. The Morgan fingerprint density at radius 2 is 2.00 bits per heavy atom. The number of nitrogen functional groups attached to an aromatic ring is 1. The first kappa shape index (κ1) is 11.6. The van der Waals surface area contributed by atoms with Crippen molar-refractivity contribution in [2.75, 3.05) is 5.73 Å². The summed E-state index contributed by atoms with van der Waals surface area (Å²) in [7, 11) is 0. The number of hydrogen-bond acceptors (Lipinski definition) is 2. The van der Waals surface area contributed by atoms with Gasteiger partial charge >= 0.3 is 0 Å². The molecule has 0 heterocycles. The summed E-state index contributed by atoms with van der Waals surface area (Å²) in [6.07, 6.45) is 1.37. The Hall–Kier alpha value is -1.51. The van der Waals surface area contributed by atoms with E-state index in [1.54, 1.807) is 0 Å². The highest BCUT2D eigenvalue weighted by molar-refractivity contribution is 5.75. The molecule has 15 heavy (non-hydrogen) atoms. The maximum Gasteiger partial charge on any atom is 0.219 e. The number of nitrogens with one attached hydrogen (secondary N) is 1. The van der Waals surface area contributed by atoms with Crippen molar-refractivity contribution in [1.29, 1.82) is 0 Å². The molecule has 3 nitrogen and oxygen atoms in total. The number of hydrogen-bond donors (Lipinski definition) is 2. The molecular formula is C12H18N2O. The number of anilines is 1. The lowest BCUT2D eigenvalue weighted by Gasteiger charge is -2.13. The molecule has 0 radical (unpaired) electrons. The van der Waals surface area contributed by atoms with E-state index < -0.39 is 0 Å². The second kappa shape index (κ2) is 5.39. The van der Waals surface area contributed by atoms with Crippen LogP contribution in [0.2, 0.25) is 0 Å². The molecule has 0 aliphatic heterocycles. The summed E-state index contributed by atoms with van der Waals surface area (Å²) in [6.45, 7) is 3.86. The number of benzene rings is 1. The van der Waals surface area contributed by atoms with Crippen LogP contribution in [0.25, 0.3) is 0 Å². The second-order valence-corrected chi connectivity index (χ2v) is 3.77. The SMILES string of the molecule is CCC(=O)N[C@@H](C)Cc1ccc(N)cc1. The Kier molecular flexibility index (Phi) is 4.16. The predicted molar refractivity (Wildman–Crippen MR) is 62.5 cm³/mol. The van der Waals surface area contributed by atoms with E-state index in [0.29, 0.717) is 6.42 Å². The van der Waals surface area contributed by atoms with Gasteiger partial charge in [-0.05, 0) is 31.0 Å². The standard InChI is InChI=1S/C12H18N2O/c1-3-12(15)14-9(2)8-10-4-6-11(13)7-5-10/h4-7,9H,3,8,13H2,1-2H3,(H,14,15)/t9-/m0/s1. The van der Waals surface area contributed by atoms with Crippen LogP contribution in [0.5, 0.6) is 0 Å². The first-order valence-corrected chi connectivity index (χ1v) is 5.25. The van der Waals surface area contributed by atoms with Crippen LogP contribution in [0.3, 0.4) is 0 Å². The van der Waals surface area contributed by atoms with Gasteiger partial charge in [0, 0.05) is 18.2 Å². The zero-order valence-electron chi connectivity index (χ0n) is 9.29. The van der Waals surface area contributed by atoms with E-state index in [4.69, 9.17) is 5.73 Å². The third-order valence-corrected chi connectivity index (χ3v) is 2.25. The summed E-state index contributed by atoms with van der Waals surface area (Å²) < 4.78 is 0. The third-order valence-electron chi connectivity index (χ3n) is 2.25. The van der Waals surface area contributed by atoms with Crippen molar-refractivity contribution in [3.63, 3.8) is 0 Å². The van der Waals surface area contributed by atoms with Crippen molar-refractivity contribution in [3.05, 3.63) is 29.8 Å². The Labute approximate surface area is 90.7 Å². The van der Waals surface area contributed by atoms with Crippen molar-refractivity contribution >= 4 is 11.6 Å². The minimum atomic E-state index is 0.0953. The molecule has 0 saturated carbocycles. The minimum Gasteiger partial charge on any atom is -0.399 e. The zero-order chi connectivity index (χ0) is 11.3. The van der Waals surface area contributed by atoms with Gasteiger partial charge in [0.25, 0.3) is 0 Å². The fourth-order valence-corrected chi connectivity index (χ4v) is 1.44. The van der Waals surface area contributed by atoms with E-state index in [-0.39, 0.29) is 11.9 Å². The second-order valence-electron chi connectivity index (χ2n) is 3.77. The Morgan fingerprint density at radius 3 is 2.53 bits per heavy atom. The van der Waals surface area contributed by atoms with E-state index in [1.807, 2.05) is 38.1 Å². The zero-order valence-corrected chi connectivity index (χ0v) is 9.29. The molecule has 1 rings (SSSR count). The molecule has 1 atom stereocenters. The van der Waals surface area contributed by atoms with Gasteiger partial charge in [0.15, 0.2) is 0 Å². The molecule has 0 aromatic heterocycles. The monoisotopic (exact) mass is 206 g/mol. The van der Waals surface area contributed by atoms with Gasteiger partial charge in [-0.1, -0.05) is 19.1 Å². The lowest BCUT2D eigenvalue weighted by molar-refractivity contribution is -0.121. The van der Waals surface area contributed by atoms with Gasteiger partial charge in [0.2, 0.25) is 5.91 Å². The number of amides is 1. The molecule has 0 spiro atoms. The highest BCUT2D eigenvalue weighted by Crippen LogP contribution is 2.07. The van der Waals surface area contributed by atoms with Crippen molar-refractivity contribution in [2.45, 2.75) is 32.7 Å². The molecule has 0 fully saturated rings. The quantitative estimate of drug-likeness (QED) is 0.737. The first-order valence-electron chi connectivity index (χ1n) is 5.25. The fourth-order valence-electron chi connectivity index (χ4n) is 1.44. The van der Waals surface area contributed by atoms with Crippen molar-refractivity contribution < 1.29 is 4.79 Å². The molecule has 0 saturated heterocycles. The summed E-state index contributed by atoms with van der Waals surface area (Å²) >= 11 is 0. The van der Waals surface area contributed by atoms with Gasteiger partial charge in [0.1, 0.15) is 0 Å². The van der Waals surface area contributed by atoms with Gasteiger partial charge in [-0.25, -0.2) is 0 Å². The number of carbonyl (C=O) groups is 1. The molecule has 0 bridgehead atoms. The van der Waals surface area contributed by atoms with Crippen molar-refractivity contribution in [1.82, 2.24) is 5.32 Å². The predicted octanol–water partition coefficient (Wildman–Crippen LogP) is 1.73. The van der Waals surface area contributed by atoms with Crippen LogP contribution in [0, 0.1) is 0 Å². The molecule has 1 amide bonds. The lowest BCUT2D eigenvalue weighted by Crippen LogP contribution is -2.33. The van der Waals surface area contributed by atoms with E-state index in [2.05, 4.69) is 5.32 Å². The molecule has 82 valence electrons. The van der Waals surface area contributed by atoms with E-state index in [9.17, 15) is 4.79 Å². The molecule has 1 aromatic rings. The number of rotatable bonds is 4. The Morgan fingerprint density at radius 1 is 1.40 bits per heavy atom.